The second kappa shape index (κ2) is 5.91. The van der Waals surface area contributed by atoms with Gasteiger partial charge in [0.05, 0.1) is 0 Å². The van der Waals surface area contributed by atoms with Crippen molar-refractivity contribution in [1.29, 1.82) is 0 Å². The maximum absolute atomic E-state index is 12.2. The quantitative estimate of drug-likeness (QED) is 0.861. The molecule has 0 radical (unpaired) electrons. The molecule has 21 heavy (non-hydrogen) atoms. The molecular weight excluding hydrogens is 266 g/mol. The molecule has 0 unspecified atom stereocenters. The standard InChI is InChI=1S/C16H17N3O2/c1-12-6-8-17-16(18-12)21-11-15(20)19-9-7-13-4-2-3-5-14(13)10-19/h2-6,8H,7,9-11H2,1H3. The molecule has 0 fully saturated rings. The van der Waals surface area contributed by atoms with Gasteiger partial charge in [0.2, 0.25) is 0 Å². The number of carbonyl (C=O) groups is 1. The second-order valence-corrected chi connectivity index (χ2v) is 5.10. The molecule has 0 spiro atoms. The van der Waals surface area contributed by atoms with Gasteiger partial charge in [0.25, 0.3) is 5.91 Å². The lowest BCUT2D eigenvalue weighted by Gasteiger charge is -2.28. The van der Waals surface area contributed by atoms with Gasteiger partial charge in [-0.05, 0) is 30.5 Å². The first kappa shape index (κ1) is 13.5. The molecule has 1 aliphatic rings. The summed E-state index contributed by atoms with van der Waals surface area (Å²) in [6.07, 6.45) is 2.52. The number of rotatable bonds is 3. The van der Waals surface area contributed by atoms with Crippen LogP contribution in [0.5, 0.6) is 6.01 Å². The Morgan fingerprint density at radius 2 is 2.10 bits per heavy atom. The molecule has 1 aliphatic heterocycles. The molecule has 108 valence electrons. The van der Waals surface area contributed by atoms with Crippen molar-refractivity contribution in [2.24, 2.45) is 0 Å². The molecule has 3 rings (SSSR count). The first-order valence-corrected chi connectivity index (χ1v) is 6.99. The van der Waals surface area contributed by atoms with Crippen LogP contribution in [0.2, 0.25) is 0 Å². The summed E-state index contributed by atoms with van der Waals surface area (Å²) in [6.45, 7) is 3.21. The van der Waals surface area contributed by atoms with Crippen molar-refractivity contribution in [1.82, 2.24) is 14.9 Å². The van der Waals surface area contributed by atoms with Crippen molar-refractivity contribution in [3.63, 3.8) is 0 Å². The smallest absolute Gasteiger partial charge is 0.317 e. The molecule has 1 aromatic carbocycles. The van der Waals surface area contributed by atoms with Crippen molar-refractivity contribution in [2.45, 2.75) is 19.9 Å². The predicted octanol–water partition coefficient (Wildman–Crippen LogP) is 1.75. The molecule has 5 nitrogen and oxygen atoms in total. The average Bonchev–Trinajstić information content (AvgIpc) is 2.52. The van der Waals surface area contributed by atoms with E-state index in [1.165, 1.54) is 11.1 Å². The molecular formula is C16H17N3O2. The molecule has 0 saturated carbocycles. The van der Waals surface area contributed by atoms with Gasteiger partial charge in [-0.2, -0.15) is 0 Å². The van der Waals surface area contributed by atoms with Crippen LogP contribution in [0.3, 0.4) is 0 Å². The maximum atomic E-state index is 12.2. The zero-order valence-electron chi connectivity index (χ0n) is 12.0. The highest BCUT2D eigenvalue weighted by atomic mass is 16.5. The Kier molecular flexibility index (Phi) is 3.81. The van der Waals surface area contributed by atoms with E-state index in [1.807, 2.05) is 24.0 Å². The molecule has 2 aromatic rings. The van der Waals surface area contributed by atoms with Crippen molar-refractivity contribution >= 4 is 5.91 Å². The molecule has 0 atom stereocenters. The molecule has 0 bridgehead atoms. The number of ether oxygens (including phenoxy) is 1. The second-order valence-electron chi connectivity index (χ2n) is 5.10. The predicted molar refractivity (Wildman–Crippen MR) is 77.8 cm³/mol. The molecule has 1 amide bonds. The number of aromatic nitrogens is 2. The molecule has 5 heteroatoms. The van der Waals surface area contributed by atoms with Gasteiger partial charge in [-0.3, -0.25) is 4.79 Å². The van der Waals surface area contributed by atoms with Gasteiger partial charge in [0, 0.05) is 25.0 Å². The van der Waals surface area contributed by atoms with E-state index in [1.54, 1.807) is 12.3 Å². The fourth-order valence-corrected chi connectivity index (χ4v) is 2.42. The zero-order chi connectivity index (χ0) is 14.7. The van der Waals surface area contributed by atoms with Gasteiger partial charge < -0.3 is 9.64 Å². The van der Waals surface area contributed by atoms with E-state index in [0.717, 1.165) is 18.7 Å². The third-order valence-electron chi connectivity index (χ3n) is 3.58. The summed E-state index contributed by atoms with van der Waals surface area (Å²) in [5.41, 5.74) is 3.35. The van der Waals surface area contributed by atoms with E-state index < -0.39 is 0 Å². The molecule has 2 heterocycles. The van der Waals surface area contributed by atoms with Crippen LogP contribution in [-0.2, 0) is 17.8 Å². The minimum absolute atomic E-state index is 0.0222. The summed E-state index contributed by atoms with van der Waals surface area (Å²) in [7, 11) is 0. The first-order valence-electron chi connectivity index (χ1n) is 6.99. The monoisotopic (exact) mass is 283 g/mol. The fraction of sp³-hybridized carbons (Fsp3) is 0.312. The molecule has 0 aliphatic carbocycles. The van der Waals surface area contributed by atoms with Crippen LogP contribution in [0.25, 0.3) is 0 Å². The van der Waals surface area contributed by atoms with E-state index in [0.29, 0.717) is 6.54 Å². The number of hydrogen-bond donors (Lipinski definition) is 0. The first-order chi connectivity index (χ1) is 10.2. The van der Waals surface area contributed by atoms with Gasteiger partial charge in [0.15, 0.2) is 6.61 Å². The number of nitrogens with zero attached hydrogens (tertiary/aromatic N) is 3. The Morgan fingerprint density at radius 3 is 2.90 bits per heavy atom. The fourth-order valence-electron chi connectivity index (χ4n) is 2.42. The minimum Gasteiger partial charge on any atom is -0.453 e. The normalized spacial score (nSPS) is 13.7. The van der Waals surface area contributed by atoms with Crippen LogP contribution in [0.4, 0.5) is 0 Å². The molecule has 1 aromatic heterocycles. The van der Waals surface area contributed by atoms with Gasteiger partial charge in [-0.1, -0.05) is 24.3 Å². The average molecular weight is 283 g/mol. The van der Waals surface area contributed by atoms with Crippen molar-refractivity contribution in [3.8, 4) is 6.01 Å². The van der Waals surface area contributed by atoms with Gasteiger partial charge in [0.1, 0.15) is 0 Å². The van der Waals surface area contributed by atoms with Gasteiger partial charge >= 0.3 is 6.01 Å². The Hall–Kier alpha value is -2.43. The highest BCUT2D eigenvalue weighted by Crippen LogP contribution is 2.18. The van der Waals surface area contributed by atoms with Gasteiger partial charge in [-0.15, -0.1) is 0 Å². The minimum atomic E-state index is -0.0328. The summed E-state index contributed by atoms with van der Waals surface area (Å²) in [5, 5.41) is 0. The van der Waals surface area contributed by atoms with Crippen LogP contribution in [0, 0.1) is 6.92 Å². The van der Waals surface area contributed by atoms with Crippen LogP contribution < -0.4 is 4.74 Å². The van der Waals surface area contributed by atoms with Crippen LogP contribution in [0.1, 0.15) is 16.8 Å². The maximum Gasteiger partial charge on any atom is 0.317 e. The highest BCUT2D eigenvalue weighted by Gasteiger charge is 2.20. The number of amides is 1. The summed E-state index contributed by atoms with van der Waals surface area (Å²) >= 11 is 0. The highest BCUT2D eigenvalue weighted by molar-refractivity contribution is 5.78. The Morgan fingerprint density at radius 1 is 1.29 bits per heavy atom. The SMILES string of the molecule is Cc1ccnc(OCC(=O)N2CCc3ccccc3C2)n1. The third kappa shape index (κ3) is 3.18. The van der Waals surface area contributed by atoms with Crippen molar-refractivity contribution in [2.75, 3.05) is 13.2 Å². The van der Waals surface area contributed by atoms with E-state index in [-0.39, 0.29) is 18.5 Å². The molecule has 0 N–H and O–H groups in total. The Bertz CT molecular complexity index is 657. The van der Waals surface area contributed by atoms with E-state index in [4.69, 9.17) is 4.74 Å². The Labute approximate surface area is 123 Å². The van der Waals surface area contributed by atoms with Crippen LogP contribution in [-0.4, -0.2) is 33.9 Å². The summed E-state index contributed by atoms with van der Waals surface area (Å²) < 4.78 is 5.38. The summed E-state index contributed by atoms with van der Waals surface area (Å²) in [5.74, 6) is -0.0328. The number of aryl methyl sites for hydroxylation is 1. The Balaban J connectivity index is 1.59. The van der Waals surface area contributed by atoms with E-state index in [9.17, 15) is 4.79 Å². The number of carbonyl (C=O) groups excluding carboxylic acids is 1. The lowest BCUT2D eigenvalue weighted by atomic mass is 10.00. The third-order valence-corrected chi connectivity index (χ3v) is 3.58. The lowest BCUT2D eigenvalue weighted by molar-refractivity contribution is -0.134. The number of benzene rings is 1. The van der Waals surface area contributed by atoms with Crippen molar-refractivity contribution < 1.29 is 9.53 Å². The zero-order valence-corrected chi connectivity index (χ0v) is 12.0. The van der Waals surface area contributed by atoms with Crippen molar-refractivity contribution in [3.05, 3.63) is 53.3 Å². The van der Waals surface area contributed by atoms with Gasteiger partial charge in [-0.25, -0.2) is 9.97 Å². The lowest BCUT2D eigenvalue weighted by Crippen LogP contribution is -2.38. The van der Waals surface area contributed by atoms with Crippen LogP contribution >= 0.6 is 0 Å². The largest absolute Gasteiger partial charge is 0.453 e. The number of hydrogen-bond acceptors (Lipinski definition) is 4. The topological polar surface area (TPSA) is 55.3 Å². The summed E-state index contributed by atoms with van der Waals surface area (Å²) in [4.78, 5) is 22.1. The van der Waals surface area contributed by atoms with E-state index in [2.05, 4.69) is 22.1 Å². The van der Waals surface area contributed by atoms with E-state index >= 15 is 0 Å². The number of fused-ring (bicyclic) bond motifs is 1. The molecule has 0 saturated heterocycles. The summed E-state index contributed by atoms with van der Waals surface area (Å²) in [6, 6.07) is 10.3. The van der Waals surface area contributed by atoms with Crippen LogP contribution in [0.15, 0.2) is 36.5 Å².